The molecule has 180 valence electrons. The van der Waals surface area contributed by atoms with Crippen molar-refractivity contribution in [2.45, 2.75) is 25.3 Å². The number of anilines is 3. The van der Waals surface area contributed by atoms with Crippen LogP contribution in [0.1, 0.15) is 30.0 Å². The number of nitrogens with zero attached hydrogens (tertiary/aromatic N) is 6. The Morgan fingerprint density at radius 3 is 2.63 bits per heavy atom. The summed E-state index contributed by atoms with van der Waals surface area (Å²) in [5, 5.41) is 18.0. The summed E-state index contributed by atoms with van der Waals surface area (Å²) in [6, 6.07) is 17.3. The number of fused-ring (bicyclic) bond motifs is 2. The summed E-state index contributed by atoms with van der Waals surface area (Å²) < 4.78 is 2.05. The molecule has 3 heterocycles. The van der Waals surface area contributed by atoms with Crippen LogP contribution in [0, 0.1) is 0 Å². The predicted octanol–water partition coefficient (Wildman–Crippen LogP) is 3.61. The van der Waals surface area contributed by atoms with Crippen molar-refractivity contribution in [3.8, 4) is 0 Å². The van der Waals surface area contributed by atoms with Gasteiger partial charge in [0.25, 0.3) is 0 Å². The molecule has 8 heteroatoms. The quantitative estimate of drug-likeness (QED) is 0.428. The molecule has 1 unspecified atom stereocenters. The molecule has 2 N–H and O–H groups in total. The van der Waals surface area contributed by atoms with Crippen LogP contribution in [0.3, 0.4) is 0 Å². The zero-order valence-corrected chi connectivity index (χ0v) is 19.8. The van der Waals surface area contributed by atoms with E-state index >= 15 is 0 Å². The normalized spacial score (nSPS) is 18.2. The van der Waals surface area contributed by atoms with Crippen LogP contribution in [0.2, 0.25) is 0 Å². The molecule has 8 nitrogen and oxygen atoms in total. The van der Waals surface area contributed by atoms with Crippen molar-refractivity contribution in [2.75, 3.05) is 49.5 Å². The molecular formula is C27H31N7O. The van der Waals surface area contributed by atoms with Gasteiger partial charge < -0.3 is 15.3 Å². The number of hydrogen-bond acceptors (Lipinski definition) is 7. The Bertz CT molecular complexity index is 1290. The van der Waals surface area contributed by atoms with Crippen molar-refractivity contribution in [2.24, 2.45) is 0 Å². The van der Waals surface area contributed by atoms with Crippen LogP contribution in [0.15, 0.2) is 60.9 Å². The minimum Gasteiger partial charge on any atom is -0.396 e. The average molecular weight is 470 g/mol. The van der Waals surface area contributed by atoms with Gasteiger partial charge in [0, 0.05) is 56.9 Å². The smallest absolute Gasteiger partial charge is 0.229 e. The van der Waals surface area contributed by atoms with Gasteiger partial charge in [-0.3, -0.25) is 4.90 Å². The van der Waals surface area contributed by atoms with Gasteiger partial charge in [-0.15, -0.1) is 0 Å². The van der Waals surface area contributed by atoms with Crippen molar-refractivity contribution in [1.82, 2.24) is 24.6 Å². The molecule has 0 bridgehead atoms. The van der Waals surface area contributed by atoms with Crippen molar-refractivity contribution in [3.63, 3.8) is 0 Å². The number of hydrogen-bond donors (Lipinski definition) is 2. The summed E-state index contributed by atoms with van der Waals surface area (Å²) in [5.74, 6) is 0.579. The van der Waals surface area contributed by atoms with Gasteiger partial charge in [-0.1, -0.05) is 24.3 Å². The maximum Gasteiger partial charge on any atom is 0.229 e. The van der Waals surface area contributed by atoms with Gasteiger partial charge in [-0.2, -0.15) is 10.1 Å². The highest BCUT2D eigenvalue weighted by molar-refractivity contribution is 5.75. The van der Waals surface area contributed by atoms with E-state index in [0.717, 1.165) is 68.7 Å². The zero-order chi connectivity index (χ0) is 23.6. The second-order valence-corrected chi connectivity index (χ2v) is 9.39. The molecule has 1 aliphatic carbocycles. The molecule has 0 radical (unpaired) electrons. The van der Waals surface area contributed by atoms with E-state index in [1.54, 1.807) is 0 Å². The minimum absolute atomic E-state index is 0.217. The molecule has 2 aliphatic rings. The van der Waals surface area contributed by atoms with Crippen LogP contribution in [-0.4, -0.2) is 69.1 Å². The van der Waals surface area contributed by atoms with Crippen molar-refractivity contribution in [3.05, 3.63) is 72.1 Å². The summed E-state index contributed by atoms with van der Waals surface area (Å²) in [6.07, 6.45) is 6.67. The van der Waals surface area contributed by atoms with E-state index in [9.17, 15) is 0 Å². The summed E-state index contributed by atoms with van der Waals surface area (Å²) in [5.41, 5.74) is 5.80. The Morgan fingerprint density at radius 1 is 0.971 bits per heavy atom. The lowest BCUT2D eigenvalue weighted by Gasteiger charge is -2.36. The average Bonchev–Trinajstić information content (AvgIpc) is 3.52. The van der Waals surface area contributed by atoms with E-state index in [4.69, 9.17) is 10.1 Å². The second kappa shape index (κ2) is 9.64. The monoisotopic (exact) mass is 469 g/mol. The number of aromatic nitrogens is 4. The third kappa shape index (κ3) is 4.47. The highest BCUT2D eigenvalue weighted by Crippen LogP contribution is 2.35. The predicted molar refractivity (Wildman–Crippen MR) is 138 cm³/mol. The Hall–Kier alpha value is -3.49. The highest BCUT2D eigenvalue weighted by Gasteiger charge is 2.26. The summed E-state index contributed by atoms with van der Waals surface area (Å²) in [7, 11) is 0. The molecule has 0 spiro atoms. The number of aliphatic hydroxyl groups excluding tert-OH is 1. The fraction of sp³-hybridized carbons (Fsp3) is 0.370. The van der Waals surface area contributed by atoms with Crippen molar-refractivity contribution < 1.29 is 5.11 Å². The molecular weight excluding hydrogens is 438 g/mol. The Balaban J connectivity index is 1.15. The number of aliphatic hydroxyl groups is 1. The van der Waals surface area contributed by atoms with Gasteiger partial charge in [-0.25, -0.2) is 9.67 Å². The molecule has 1 atom stereocenters. The second-order valence-electron chi connectivity index (χ2n) is 9.39. The lowest BCUT2D eigenvalue weighted by molar-refractivity contribution is 0.216. The van der Waals surface area contributed by atoms with Gasteiger partial charge >= 0.3 is 0 Å². The van der Waals surface area contributed by atoms with E-state index < -0.39 is 0 Å². The first-order valence-corrected chi connectivity index (χ1v) is 12.5. The first kappa shape index (κ1) is 22.0. The van der Waals surface area contributed by atoms with Gasteiger partial charge in [0.05, 0.1) is 17.6 Å². The molecule has 4 aromatic rings. The van der Waals surface area contributed by atoms with Crippen LogP contribution in [0.5, 0.6) is 0 Å². The first-order valence-electron chi connectivity index (χ1n) is 12.5. The number of rotatable bonds is 7. The molecule has 6 rings (SSSR count). The third-order valence-corrected chi connectivity index (χ3v) is 7.22. The fourth-order valence-electron chi connectivity index (χ4n) is 5.32. The molecule has 0 amide bonds. The molecule has 35 heavy (non-hydrogen) atoms. The Morgan fingerprint density at radius 2 is 1.80 bits per heavy atom. The summed E-state index contributed by atoms with van der Waals surface area (Å²) in [4.78, 5) is 14.2. The van der Waals surface area contributed by atoms with Crippen molar-refractivity contribution >= 4 is 28.4 Å². The third-order valence-electron chi connectivity index (χ3n) is 7.22. The molecule has 1 saturated heterocycles. The largest absolute Gasteiger partial charge is 0.396 e. The van der Waals surface area contributed by atoms with Crippen LogP contribution in [-0.2, 0) is 6.42 Å². The lowest BCUT2D eigenvalue weighted by Crippen LogP contribution is -2.46. The molecule has 1 aliphatic heterocycles. The summed E-state index contributed by atoms with van der Waals surface area (Å²) >= 11 is 0. The molecule has 2 aromatic carbocycles. The molecule has 2 aromatic heterocycles. The number of piperazine rings is 1. The van der Waals surface area contributed by atoms with E-state index in [1.807, 2.05) is 12.4 Å². The SMILES string of the molecule is OCCCN1CCN(c2ccc(Nc3ncc4cnn(C5CCc6ccccc65)c4n3)cc2)CC1. The number of aryl methyl sites for hydroxylation is 1. The zero-order valence-electron chi connectivity index (χ0n) is 19.8. The maximum absolute atomic E-state index is 9.04. The van der Waals surface area contributed by atoms with E-state index in [-0.39, 0.29) is 12.6 Å². The van der Waals surface area contributed by atoms with Gasteiger partial charge in [-0.05, 0) is 54.7 Å². The van der Waals surface area contributed by atoms with Crippen LogP contribution < -0.4 is 10.2 Å². The van der Waals surface area contributed by atoms with Gasteiger partial charge in [0.2, 0.25) is 5.95 Å². The standard InChI is InChI=1S/C27H31N7O/c35-17-3-12-32-13-15-33(16-14-32)23-9-7-22(8-10-23)30-27-28-18-21-19-29-34(26(21)31-27)25-11-6-20-4-1-2-5-24(20)25/h1-2,4-5,7-10,18-19,25,35H,3,6,11-17H2,(H,28,30,31). The van der Waals surface area contributed by atoms with Crippen LogP contribution >= 0.6 is 0 Å². The minimum atomic E-state index is 0.217. The Labute approximate surface area is 205 Å². The fourth-order valence-corrected chi connectivity index (χ4v) is 5.32. The van der Waals surface area contributed by atoms with Crippen LogP contribution in [0.4, 0.5) is 17.3 Å². The van der Waals surface area contributed by atoms with E-state index in [0.29, 0.717) is 5.95 Å². The van der Waals surface area contributed by atoms with Crippen molar-refractivity contribution in [1.29, 1.82) is 0 Å². The number of nitrogens with one attached hydrogen (secondary N) is 1. The molecule has 1 fully saturated rings. The van der Waals surface area contributed by atoms with Gasteiger partial charge in [0.15, 0.2) is 5.65 Å². The highest BCUT2D eigenvalue weighted by atomic mass is 16.3. The Kier molecular flexibility index (Phi) is 6.06. The lowest BCUT2D eigenvalue weighted by atomic mass is 10.1. The topological polar surface area (TPSA) is 82.3 Å². The summed E-state index contributed by atoms with van der Waals surface area (Å²) in [6.45, 7) is 5.32. The maximum atomic E-state index is 9.04. The molecule has 0 saturated carbocycles. The van der Waals surface area contributed by atoms with Crippen LogP contribution in [0.25, 0.3) is 11.0 Å². The first-order chi connectivity index (χ1) is 17.3. The van der Waals surface area contributed by atoms with Gasteiger partial charge in [0.1, 0.15) is 0 Å². The van der Waals surface area contributed by atoms with E-state index in [1.165, 1.54) is 16.8 Å². The van der Waals surface area contributed by atoms with E-state index in [2.05, 4.69) is 78.4 Å². The number of benzene rings is 2.